The number of carbonyl (C=O) groups excluding carboxylic acids is 4. The first-order valence-corrected chi connectivity index (χ1v) is 25.9. The molecule has 3 aliphatic rings. The number of likely N-dealkylation sites (tertiary alicyclic amines) is 1. The van der Waals surface area contributed by atoms with E-state index in [0.29, 0.717) is 67.2 Å². The van der Waals surface area contributed by atoms with Crippen LogP contribution >= 0.6 is 0 Å². The van der Waals surface area contributed by atoms with Gasteiger partial charge in [0.05, 0.1) is 37.2 Å². The standard InChI is InChI=1S/C32H35N7O3.C26H25N7O3/c1-2-26(40)16-22-4-3-11-38(19-22)20-23-9-10-33-29(17-23)32(41)36-25-7-5-24(6-8-25)28-18-27-30(37-28)34-21-35-31(27)39-12-14-42-15-13-39;1-2-23(34)29-18-7-9-20(10-8-18)31-26(35)30-19-5-3-17(4-6-19)22-15-21-24(32-22)27-16-28-25(21)33-11-13-36-14-12-33/h2,5-10,17-18,21-22H,1,3-4,11-16,19-20H2,(H,36,41)(H,34,35,37);2-10,15-16H,1,11-14H2,(H,29,34)(H,27,28,32)(H2,30,31,35)/t22-;/m0./s1. The van der Waals surface area contributed by atoms with Crippen LogP contribution < -0.4 is 31.1 Å². The number of piperidine rings is 1. The predicted molar refractivity (Wildman–Crippen MR) is 303 cm³/mol. The zero-order valence-corrected chi connectivity index (χ0v) is 43.0. The fraction of sp³-hybridized carbons (Fsp3) is 0.259. The number of aromatic nitrogens is 7. The SMILES string of the molecule is C=CC(=O)C[C@@H]1CCCN(Cc2ccnc(C(=O)Nc3ccc(-c4cc5c(N6CCOCC6)ncnc5[nH]4)cc3)c2)C1.C=CC(=O)Nc1ccc(NC(=O)Nc2ccc(-c3cc4c(N5CCOCC5)ncnc4[nH]3)cc2)cc1. The van der Waals surface area contributed by atoms with Gasteiger partial charge in [-0.25, -0.2) is 24.7 Å². The van der Waals surface area contributed by atoms with Gasteiger partial charge in [0, 0.05) is 86.0 Å². The van der Waals surface area contributed by atoms with Crippen molar-refractivity contribution in [3.63, 3.8) is 0 Å². The molecule has 20 nitrogen and oxygen atoms in total. The number of benzene rings is 3. The maximum Gasteiger partial charge on any atom is 0.323 e. The largest absolute Gasteiger partial charge is 0.378 e. The first-order chi connectivity index (χ1) is 38.1. The summed E-state index contributed by atoms with van der Waals surface area (Å²) in [5, 5.41) is 13.2. The number of H-pyrrole nitrogens is 2. The molecule has 0 radical (unpaired) electrons. The maximum absolute atomic E-state index is 13.1. The summed E-state index contributed by atoms with van der Waals surface area (Å²) >= 11 is 0. The molecule has 6 N–H and O–H groups in total. The molecule has 1 atom stereocenters. The lowest BCUT2D eigenvalue weighted by Gasteiger charge is -2.32. The summed E-state index contributed by atoms with van der Waals surface area (Å²) in [6, 6.07) is 29.6. The van der Waals surface area contributed by atoms with Crippen LogP contribution in [0.2, 0.25) is 0 Å². The molecule has 20 heteroatoms. The van der Waals surface area contributed by atoms with Crippen molar-refractivity contribution in [2.24, 2.45) is 5.92 Å². The Balaban J connectivity index is 0.000000179. The van der Waals surface area contributed by atoms with Gasteiger partial charge >= 0.3 is 6.03 Å². The molecule has 0 saturated carbocycles. The van der Waals surface area contributed by atoms with Crippen molar-refractivity contribution in [3.05, 3.63) is 152 Å². The maximum atomic E-state index is 13.1. The first-order valence-electron chi connectivity index (χ1n) is 25.9. The van der Waals surface area contributed by atoms with Crippen LogP contribution in [-0.4, -0.2) is 129 Å². The number of amides is 4. The van der Waals surface area contributed by atoms with Crippen molar-refractivity contribution in [1.29, 1.82) is 0 Å². The number of nitrogens with zero attached hydrogens (tertiary/aromatic N) is 8. The van der Waals surface area contributed by atoms with Gasteiger partial charge in [0.15, 0.2) is 5.78 Å². The molecule has 4 amide bonds. The molecule has 0 bridgehead atoms. The van der Waals surface area contributed by atoms with Crippen molar-refractivity contribution in [3.8, 4) is 22.5 Å². The van der Waals surface area contributed by atoms with Gasteiger partial charge in [0.1, 0.15) is 41.3 Å². The molecule has 11 rings (SSSR count). The van der Waals surface area contributed by atoms with Crippen LogP contribution in [0.4, 0.5) is 39.2 Å². The summed E-state index contributed by atoms with van der Waals surface area (Å²) in [7, 11) is 0. The second kappa shape index (κ2) is 24.7. The number of ether oxygens (including phenoxy) is 2. The molecule has 5 aromatic heterocycles. The molecule has 398 valence electrons. The number of anilines is 6. The number of nitrogens with one attached hydrogen (secondary N) is 6. The highest BCUT2D eigenvalue weighted by Gasteiger charge is 2.23. The van der Waals surface area contributed by atoms with E-state index in [9.17, 15) is 19.2 Å². The monoisotopic (exact) mass is 1050 g/mol. The predicted octanol–water partition coefficient (Wildman–Crippen LogP) is 8.70. The molecule has 3 aliphatic heterocycles. The van der Waals surface area contributed by atoms with Gasteiger partial charge in [-0.05, 0) is 127 Å². The molecule has 8 heterocycles. The van der Waals surface area contributed by atoms with Crippen molar-refractivity contribution in [1.82, 2.24) is 39.8 Å². The Morgan fingerprint density at radius 3 is 1.64 bits per heavy atom. The number of fused-ring (bicyclic) bond motifs is 2. The summed E-state index contributed by atoms with van der Waals surface area (Å²) in [5.41, 5.74) is 9.29. The number of carbonyl (C=O) groups is 4. The molecule has 0 aliphatic carbocycles. The number of morpholine rings is 2. The molecule has 0 unspecified atom stereocenters. The number of rotatable bonds is 15. The minimum atomic E-state index is -0.373. The third-order valence-corrected chi connectivity index (χ3v) is 13.7. The molecule has 3 aromatic carbocycles. The molecule has 3 saturated heterocycles. The number of urea groups is 1. The quantitative estimate of drug-likeness (QED) is 0.0527. The Bertz CT molecular complexity index is 3420. The Morgan fingerprint density at radius 2 is 1.12 bits per heavy atom. The van der Waals surface area contributed by atoms with Gasteiger partial charge in [0.2, 0.25) is 5.91 Å². The summed E-state index contributed by atoms with van der Waals surface area (Å²) < 4.78 is 10.9. The lowest BCUT2D eigenvalue weighted by Crippen LogP contribution is -2.36. The van der Waals surface area contributed by atoms with E-state index < -0.39 is 0 Å². The van der Waals surface area contributed by atoms with Gasteiger partial charge < -0.3 is 50.5 Å². The zero-order valence-electron chi connectivity index (χ0n) is 43.0. The van der Waals surface area contributed by atoms with Gasteiger partial charge in [-0.2, -0.15) is 0 Å². The van der Waals surface area contributed by atoms with Crippen molar-refractivity contribution < 1.29 is 28.7 Å². The van der Waals surface area contributed by atoms with E-state index in [1.165, 1.54) is 12.2 Å². The number of hydrogen-bond acceptors (Lipinski definition) is 14. The third kappa shape index (κ3) is 13.1. The number of pyridine rings is 1. The topological polar surface area (TPSA) is 241 Å². The van der Waals surface area contributed by atoms with Gasteiger partial charge in [-0.15, -0.1) is 0 Å². The molecule has 0 spiro atoms. The second-order valence-corrected chi connectivity index (χ2v) is 19.1. The van der Waals surface area contributed by atoms with Crippen molar-refractivity contribution in [2.75, 3.05) is 96.8 Å². The average molecular weight is 1050 g/mol. The van der Waals surface area contributed by atoms with Crippen LogP contribution in [-0.2, 0) is 25.6 Å². The van der Waals surface area contributed by atoms with Crippen molar-refractivity contribution in [2.45, 2.75) is 25.8 Å². The molecular formula is C58H60N14O6. The van der Waals surface area contributed by atoms with Gasteiger partial charge in [-0.1, -0.05) is 37.4 Å². The number of ketones is 1. The highest BCUT2D eigenvalue weighted by atomic mass is 16.5. The molecule has 3 fully saturated rings. The van der Waals surface area contributed by atoms with Crippen LogP contribution in [0.5, 0.6) is 0 Å². The summed E-state index contributed by atoms with van der Waals surface area (Å²) in [6.07, 6.45) is 10.1. The van der Waals surface area contributed by atoms with Crippen molar-refractivity contribution >= 4 is 80.1 Å². The van der Waals surface area contributed by atoms with E-state index in [1.807, 2.05) is 60.7 Å². The minimum Gasteiger partial charge on any atom is -0.378 e. The fourth-order valence-electron chi connectivity index (χ4n) is 9.79. The van der Waals surface area contributed by atoms with Crippen LogP contribution in [0, 0.1) is 5.92 Å². The first kappa shape index (κ1) is 52.3. The zero-order chi connectivity index (χ0) is 53.8. The smallest absolute Gasteiger partial charge is 0.323 e. The fourth-order valence-corrected chi connectivity index (χ4v) is 9.79. The van der Waals surface area contributed by atoms with Crippen LogP contribution in [0.25, 0.3) is 44.6 Å². The van der Waals surface area contributed by atoms with E-state index in [-0.39, 0.29) is 23.6 Å². The normalized spacial score (nSPS) is 15.7. The van der Waals surface area contributed by atoms with Crippen LogP contribution in [0.1, 0.15) is 35.3 Å². The molecular weight excluding hydrogens is 989 g/mol. The molecule has 78 heavy (non-hydrogen) atoms. The number of hydrogen-bond donors (Lipinski definition) is 6. The van der Waals surface area contributed by atoms with E-state index in [0.717, 1.165) is 120 Å². The Hall–Kier alpha value is -9.11. The summed E-state index contributed by atoms with van der Waals surface area (Å²) in [6.45, 7) is 15.5. The second-order valence-electron chi connectivity index (χ2n) is 19.1. The number of aromatic amines is 2. The highest BCUT2D eigenvalue weighted by molar-refractivity contribution is 6.03. The third-order valence-electron chi connectivity index (χ3n) is 13.7. The minimum absolute atomic E-state index is 0.103. The van der Waals surface area contributed by atoms with E-state index >= 15 is 0 Å². The lowest BCUT2D eigenvalue weighted by molar-refractivity contribution is -0.116. The van der Waals surface area contributed by atoms with Gasteiger partial charge in [0.25, 0.3) is 5.91 Å². The Labute approximate surface area is 450 Å². The Morgan fingerprint density at radius 1 is 0.603 bits per heavy atom. The molecule has 8 aromatic rings. The summed E-state index contributed by atoms with van der Waals surface area (Å²) in [5.74, 6) is 1.71. The van der Waals surface area contributed by atoms with Crippen LogP contribution in [0.15, 0.2) is 141 Å². The lowest BCUT2D eigenvalue weighted by atomic mass is 9.92. The van der Waals surface area contributed by atoms with E-state index in [1.54, 1.807) is 43.1 Å². The average Bonchev–Trinajstić information content (AvgIpc) is 4.18. The van der Waals surface area contributed by atoms with Crippen LogP contribution in [0.3, 0.4) is 0 Å². The highest BCUT2D eigenvalue weighted by Crippen LogP contribution is 2.32. The Kier molecular flexibility index (Phi) is 16.6. The van der Waals surface area contributed by atoms with E-state index in [2.05, 4.69) is 96.1 Å². The van der Waals surface area contributed by atoms with E-state index in [4.69, 9.17) is 9.47 Å². The number of allylic oxidation sites excluding steroid dienone is 1. The van der Waals surface area contributed by atoms with Gasteiger partial charge in [-0.3, -0.25) is 24.3 Å². The summed E-state index contributed by atoms with van der Waals surface area (Å²) in [4.78, 5) is 84.4.